The van der Waals surface area contributed by atoms with Crippen molar-refractivity contribution in [2.45, 2.75) is 12.5 Å². The Hall–Kier alpha value is -4.27. The van der Waals surface area contributed by atoms with Gasteiger partial charge in [-0.05, 0) is 45.9 Å². The molecule has 2 nitrogen and oxygen atoms in total. The first-order valence-electron chi connectivity index (χ1n) is 12.3. The zero-order chi connectivity index (χ0) is 24.6. The van der Waals surface area contributed by atoms with Gasteiger partial charge in [-0.25, -0.2) is 0 Å². The van der Waals surface area contributed by atoms with Crippen LogP contribution in [0.25, 0.3) is 22.3 Å². The first-order chi connectivity index (χ1) is 17.8. The van der Waals surface area contributed by atoms with E-state index >= 15 is 0 Å². The Morgan fingerprint density at radius 2 is 1.14 bits per heavy atom. The normalized spacial score (nSPS) is 11.7. The summed E-state index contributed by atoms with van der Waals surface area (Å²) in [4.78, 5) is 13.4. The number of carbonyl (C=O) groups excluding carboxylic acids is 1. The second kappa shape index (κ2) is 11.4. The van der Waals surface area contributed by atoms with Gasteiger partial charge in [0.2, 0.25) is 0 Å². The summed E-state index contributed by atoms with van der Waals surface area (Å²) >= 11 is 0. The van der Waals surface area contributed by atoms with E-state index in [1.165, 1.54) is 27.8 Å². The molecule has 0 amide bonds. The predicted octanol–water partition coefficient (Wildman–Crippen LogP) is 8.20. The summed E-state index contributed by atoms with van der Waals surface area (Å²) in [5.74, 6) is -0.0236. The second-order valence-corrected chi connectivity index (χ2v) is 8.75. The minimum atomic E-state index is -0.641. The Bertz CT molecular complexity index is 1400. The van der Waals surface area contributed by atoms with E-state index in [2.05, 4.69) is 66.7 Å². The molecule has 0 aliphatic carbocycles. The maximum absolute atomic E-state index is 13.4. The first-order valence-corrected chi connectivity index (χ1v) is 12.3. The van der Waals surface area contributed by atoms with Crippen LogP contribution in [0.15, 0.2) is 140 Å². The molecule has 5 aromatic rings. The lowest BCUT2D eigenvalue weighted by atomic mass is 9.93. The van der Waals surface area contributed by atoms with Gasteiger partial charge in [-0.1, -0.05) is 133 Å². The number of rotatable bonds is 9. The molecule has 0 fully saturated rings. The van der Waals surface area contributed by atoms with E-state index in [1.807, 2.05) is 72.8 Å². The van der Waals surface area contributed by atoms with Crippen molar-refractivity contribution >= 4 is 5.78 Å². The van der Waals surface area contributed by atoms with Gasteiger partial charge < -0.3 is 4.74 Å². The summed E-state index contributed by atoms with van der Waals surface area (Å²) in [6.45, 7) is 0.433. The highest BCUT2D eigenvalue weighted by Gasteiger charge is 2.22. The van der Waals surface area contributed by atoms with Crippen LogP contribution in [-0.4, -0.2) is 12.4 Å². The molecule has 0 aliphatic rings. The van der Waals surface area contributed by atoms with Gasteiger partial charge >= 0.3 is 0 Å². The van der Waals surface area contributed by atoms with Gasteiger partial charge in [0.05, 0.1) is 6.61 Å². The van der Waals surface area contributed by atoms with E-state index in [0.29, 0.717) is 18.6 Å². The van der Waals surface area contributed by atoms with Crippen molar-refractivity contribution < 1.29 is 9.53 Å². The zero-order valence-corrected chi connectivity index (χ0v) is 20.1. The van der Waals surface area contributed by atoms with Crippen molar-refractivity contribution in [1.29, 1.82) is 0 Å². The molecule has 0 spiro atoms. The van der Waals surface area contributed by atoms with E-state index in [9.17, 15) is 4.79 Å². The zero-order valence-electron chi connectivity index (χ0n) is 20.1. The summed E-state index contributed by atoms with van der Waals surface area (Å²) in [7, 11) is 0. The van der Waals surface area contributed by atoms with Gasteiger partial charge in [0.1, 0.15) is 6.10 Å². The summed E-state index contributed by atoms with van der Waals surface area (Å²) in [6.07, 6.45) is 0.0578. The summed E-state index contributed by atoms with van der Waals surface area (Å²) < 4.78 is 6.30. The lowest BCUT2D eigenvalue weighted by molar-refractivity contribution is 0.0416. The smallest absolute Gasteiger partial charge is 0.196 e. The van der Waals surface area contributed by atoms with Crippen LogP contribution >= 0.6 is 0 Å². The standard InChI is InChI=1S/C34H28O2/c35-33(29-17-9-3-10-18-29)34(30-19-11-4-12-20-30)36-24-23-28-21-22-31(26-13-5-1-6-14-26)25-32(28)27-15-7-2-8-16-27/h1-22,25,34H,23-24H2. The molecule has 0 aliphatic heterocycles. The Balaban J connectivity index is 1.41. The van der Waals surface area contributed by atoms with Crippen LogP contribution in [0.5, 0.6) is 0 Å². The lowest BCUT2D eigenvalue weighted by Gasteiger charge is -2.19. The van der Waals surface area contributed by atoms with E-state index in [-0.39, 0.29) is 5.78 Å². The highest BCUT2D eigenvalue weighted by atomic mass is 16.5. The Labute approximate surface area is 212 Å². The van der Waals surface area contributed by atoms with Crippen LogP contribution in [0.2, 0.25) is 0 Å². The van der Waals surface area contributed by atoms with Crippen molar-refractivity contribution in [3.63, 3.8) is 0 Å². The van der Waals surface area contributed by atoms with Gasteiger partial charge in [-0.3, -0.25) is 4.79 Å². The number of hydrogen-bond acceptors (Lipinski definition) is 2. The molecule has 5 aromatic carbocycles. The average Bonchev–Trinajstić information content (AvgIpc) is 2.97. The van der Waals surface area contributed by atoms with Crippen LogP contribution in [0.1, 0.15) is 27.6 Å². The fourth-order valence-corrected chi connectivity index (χ4v) is 4.48. The van der Waals surface area contributed by atoms with Gasteiger partial charge in [0, 0.05) is 5.56 Å². The number of Topliss-reactive ketones (excluding diaryl/α,β-unsaturated/α-hetero) is 1. The van der Waals surface area contributed by atoms with E-state index in [4.69, 9.17) is 4.74 Å². The van der Waals surface area contributed by atoms with E-state index < -0.39 is 6.10 Å². The van der Waals surface area contributed by atoms with Crippen molar-refractivity contribution in [3.8, 4) is 22.3 Å². The van der Waals surface area contributed by atoms with Gasteiger partial charge in [0.15, 0.2) is 5.78 Å². The minimum Gasteiger partial charge on any atom is -0.365 e. The first kappa shape index (κ1) is 23.5. The minimum absolute atomic E-state index is 0.0236. The molecule has 0 saturated heterocycles. The third-order valence-electron chi connectivity index (χ3n) is 6.36. The average molecular weight is 469 g/mol. The molecule has 1 atom stereocenters. The monoisotopic (exact) mass is 468 g/mol. The Morgan fingerprint density at radius 1 is 0.583 bits per heavy atom. The maximum atomic E-state index is 13.4. The number of carbonyl (C=O) groups is 1. The Kier molecular flexibility index (Phi) is 7.46. The third kappa shape index (κ3) is 5.51. The van der Waals surface area contributed by atoms with Crippen LogP contribution < -0.4 is 0 Å². The lowest BCUT2D eigenvalue weighted by Crippen LogP contribution is -2.18. The third-order valence-corrected chi connectivity index (χ3v) is 6.36. The molecule has 0 radical (unpaired) electrons. The number of hydrogen-bond donors (Lipinski definition) is 0. The highest BCUT2D eigenvalue weighted by molar-refractivity contribution is 6.00. The van der Waals surface area contributed by atoms with Gasteiger partial charge in [-0.2, -0.15) is 0 Å². The van der Waals surface area contributed by atoms with Crippen molar-refractivity contribution in [3.05, 3.63) is 156 Å². The molecule has 1 unspecified atom stereocenters. The van der Waals surface area contributed by atoms with Gasteiger partial charge in [0.25, 0.3) is 0 Å². The maximum Gasteiger partial charge on any atom is 0.196 e. The van der Waals surface area contributed by atoms with Crippen molar-refractivity contribution in [1.82, 2.24) is 0 Å². The van der Waals surface area contributed by atoms with Crippen LogP contribution in [-0.2, 0) is 11.2 Å². The largest absolute Gasteiger partial charge is 0.365 e. The van der Waals surface area contributed by atoms with Gasteiger partial charge in [-0.15, -0.1) is 0 Å². The topological polar surface area (TPSA) is 26.3 Å². The molecule has 0 aromatic heterocycles. The molecule has 0 bridgehead atoms. The molecule has 0 heterocycles. The van der Waals surface area contributed by atoms with Crippen molar-refractivity contribution in [2.24, 2.45) is 0 Å². The molecule has 0 N–H and O–H groups in total. The van der Waals surface area contributed by atoms with Crippen LogP contribution in [0, 0.1) is 0 Å². The number of ether oxygens (including phenoxy) is 1. The fourth-order valence-electron chi connectivity index (χ4n) is 4.48. The quantitative estimate of drug-likeness (QED) is 0.204. The van der Waals surface area contributed by atoms with Crippen molar-refractivity contribution in [2.75, 3.05) is 6.61 Å². The Morgan fingerprint density at radius 3 is 1.78 bits per heavy atom. The van der Waals surface area contributed by atoms with Crippen LogP contribution in [0.3, 0.4) is 0 Å². The number of ketones is 1. The van der Waals surface area contributed by atoms with E-state index in [1.54, 1.807) is 0 Å². The van der Waals surface area contributed by atoms with E-state index in [0.717, 1.165) is 5.56 Å². The SMILES string of the molecule is O=C(c1ccccc1)C(OCCc1ccc(-c2ccccc2)cc1-c1ccccc1)c1ccccc1. The number of benzene rings is 5. The summed E-state index contributed by atoms with van der Waals surface area (Å²) in [6, 6.07) is 46.6. The second-order valence-electron chi connectivity index (χ2n) is 8.75. The predicted molar refractivity (Wildman–Crippen MR) is 147 cm³/mol. The molecular weight excluding hydrogens is 440 g/mol. The summed E-state index contributed by atoms with van der Waals surface area (Å²) in [5, 5.41) is 0. The molecule has 5 rings (SSSR count). The molecule has 0 saturated carbocycles. The molecule has 36 heavy (non-hydrogen) atoms. The fraction of sp³-hybridized carbons (Fsp3) is 0.0882. The highest BCUT2D eigenvalue weighted by Crippen LogP contribution is 2.31. The molecular formula is C34H28O2. The van der Waals surface area contributed by atoms with Crippen LogP contribution in [0.4, 0.5) is 0 Å². The molecule has 176 valence electrons. The summed E-state index contributed by atoms with van der Waals surface area (Å²) in [5.41, 5.74) is 7.45. The molecule has 2 heteroatoms.